The standard InChI is InChI=1S/C13H18N2/c1-2-13(14)15-12-9-5-7-10-6-3-4-8-11(10)12/h5,7,9H,2-4,6,8H2,1H3,(H2,14,15). The minimum atomic E-state index is 0.731. The number of fused-ring (bicyclic) bond motifs is 1. The molecule has 0 fully saturated rings. The van der Waals surface area contributed by atoms with Crippen LogP contribution >= 0.6 is 0 Å². The van der Waals surface area contributed by atoms with Crippen LogP contribution in [0.5, 0.6) is 0 Å². The van der Waals surface area contributed by atoms with Crippen LogP contribution in [0.1, 0.15) is 37.3 Å². The largest absolute Gasteiger partial charge is 0.387 e. The van der Waals surface area contributed by atoms with Gasteiger partial charge in [0.25, 0.3) is 0 Å². The molecule has 0 saturated heterocycles. The highest BCUT2D eigenvalue weighted by Crippen LogP contribution is 2.29. The SMILES string of the molecule is CCC(N)=Nc1cccc2c1CCCC2. The van der Waals surface area contributed by atoms with Crippen LogP contribution < -0.4 is 5.73 Å². The molecule has 2 nitrogen and oxygen atoms in total. The Morgan fingerprint density at radius 2 is 2.13 bits per heavy atom. The number of nitrogens with zero attached hydrogens (tertiary/aromatic N) is 1. The third-order valence-electron chi connectivity index (χ3n) is 3.00. The van der Waals surface area contributed by atoms with Gasteiger partial charge in [-0.05, 0) is 42.9 Å². The molecule has 0 atom stereocenters. The summed E-state index contributed by atoms with van der Waals surface area (Å²) in [6.45, 7) is 2.04. The summed E-state index contributed by atoms with van der Waals surface area (Å²) in [6.07, 6.45) is 5.77. The molecule has 1 aliphatic rings. The number of aryl methyl sites for hydroxylation is 1. The molecule has 0 unspecified atom stereocenters. The van der Waals surface area contributed by atoms with Gasteiger partial charge in [0.05, 0.1) is 11.5 Å². The van der Waals surface area contributed by atoms with E-state index in [1.165, 1.54) is 30.4 Å². The average molecular weight is 202 g/mol. The van der Waals surface area contributed by atoms with E-state index in [0.29, 0.717) is 0 Å². The van der Waals surface area contributed by atoms with Crippen LogP contribution in [0.25, 0.3) is 0 Å². The van der Waals surface area contributed by atoms with Crippen molar-refractivity contribution < 1.29 is 0 Å². The van der Waals surface area contributed by atoms with E-state index in [2.05, 4.69) is 23.2 Å². The van der Waals surface area contributed by atoms with E-state index in [4.69, 9.17) is 5.73 Å². The molecule has 0 saturated carbocycles. The van der Waals surface area contributed by atoms with Crippen molar-refractivity contribution in [3.8, 4) is 0 Å². The van der Waals surface area contributed by atoms with Gasteiger partial charge in [-0.25, -0.2) is 4.99 Å². The predicted molar refractivity (Wildman–Crippen MR) is 64.7 cm³/mol. The second kappa shape index (κ2) is 4.47. The van der Waals surface area contributed by atoms with E-state index in [1.807, 2.05) is 6.92 Å². The van der Waals surface area contributed by atoms with Crippen molar-refractivity contribution >= 4 is 11.5 Å². The molecule has 1 aromatic rings. The van der Waals surface area contributed by atoms with E-state index in [-0.39, 0.29) is 0 Å². The Morgan fingerprint density at radius 1 is 1.33 bits per heavy atom. The van der Waals surface area contributed by atoms with Crippen LogP contribution in [0.2, 0.25) is 0 Å². The summed E-state index contributed by atoms with van der Waals surface area (Å²) >= 11 is 0. The van der Waals surface area contributed by atoms with Gasteiger partial charge in [-0.3, -0.25) is 0 Å². The molecule has 15 heavy (non-hydrogen) atoms. The third-order valence-corrected chi connectivity index (χ3v) is 3.00. The van der Waals surface area contributed by atoms with Gasteiger partial charge in [0.15, 0.2) is 0 Å². The monoisotopic (exact) mass is 202 g/mol. The van der Waals surface area contributed by atoms with E-state index in [1.54, 1.807) is 0 Å². The van der Waals surface area contributed by atoms with Crippen molar-refractivity contribution in [3.63, 3.8) is 0 Å². The lowest BCUT2D eigenvalue weighted by molar-refractivity contribution is 0.686. The van der Waals surface area contributed by atoms with Crippen LogP contribution in [0.15, 0.2) is 23.2 Å². The van der Waals surface area contributed by atoms with Gasteiger partial charge in [-0.15, -0.1) is 0 Å². The van der Waals surface area contributed by atoms with Crippen molar-refractivity contribution in [2.75, 3.05) is 0 Å². The van der Waals surface area contributed by atoms with Gasteiger partial charge < -0.3 is 5.73 Å². The molecule has 2 N–H and O–H groups in total. The Hall–Kier alpha value is -1.31. The first-order chi connectivity index (χ1) is 7.31. The molecule has 0 aliphatic heterocycles. The lowest BCUT2D eigenvalue weighted by Gasteiger charge is -2.17. The fraction of sp³-hybridized carbons (Fsp3) is 0.462. The molecule has 0 heterocycles. The molecule has 0 amide bonds. The number of rotatable bonds is 2. The second-order valence-electron chi connectivity index (χ2n) is 4.08. The summed E-state index contributed by atoms with van der Waals surface area (Å²) in [5.74, 6) is 0.731. The average Bonchev–Trinajstić information content (AvgIpc) is 2.29. The number of benzene rings is 1. The summed E-state index contributed by atoms with van der Waals surface area (Å²) in [4.78, 5) is 4.49. The fourth-order valence-corrected chi connectivity index (χ4v) is 2.10. The molecular formula is C13H18N2. The number of aliphatic imine (C=N–C) groups is 1. The van der Waals surface area contributed by atoms with Gasteiger partial charge >= 0.3 is 0 Å². The molecule has 1 aromatic carbocycles. The summed E-state index contributed by atoms with van der Waals surface area (Å²) in [5.41, 5.74) is 9.76. The Balaban J connectivity index is 2.39. The smallest absolute Gasteiger partial charge is 0.0993 e. The predicted octanol–water partition coefficient (Wildman–Crippen LogP) is 2.96. The summed E-state index contributed by atoms with van der Waals surface area (Å²) in [5, 5.41) is 0. The van der Waals surface area contributed by atoms with E-state index in [9.17, 15) is 0 Å². The normalized spacial score (nSPS) is 16.2. The molecular weight excluding hydrogens is 184 g/mol. The molecule has 2 rings (SSSR count). The maximum atomic E-state index is 5.79. The number of hydrogen-bond donors (Lipinski definition) is 1. The molecule has 0 radical (unpaired) electrons. The van der Waals surface area contributed by atoms with Gasteiger partial charge in [-0.1, -0.05) is 19.1 Å². The maximum absolute atomic E-state index is 5.79. The highest BCUT2D eigenvalue weighted by atomic mass is 14.9. The van der Waals surface area contributed by atoms with Crippen LogP contribution in [-0.4, -0.2) is 5.84 Å². The number of hydrogen-bond acceptors (Lipinski definition) is 1. The van der Waals surface area contributed by atoms with Crippen LogP contribution in [0.4, 0.5) is 5.69 Å². The van der Waals surface area contributed by atoms with E-state index >= 15 is 0 Å². The molecule has 0 bridgehead atoms. The molecule has 1 aliphatic carbocycles. The van der Waals surface area contributed by atoms with Gasteiger partial charge in [-0.2, -0.15) is 0 Å². The van der Waals surface area contributed by atoms with Gasteiger partial charge in [0, 0.05) is 6.42 Å². The Kier molecular flexibility index (Phi) is 3.05. The lowest BCUT2D eigenvalue weighted by Crippen LogP contribution is -2.09. The van der Waals surface area contributed by atoms with Crippen molar-refractivity contribution in [2.45, 2.75) is 39.0 Å². The van der Waals surface area contributed by atoms with E-state index in [0.717, 1.165) is 24.4 Å². The van der Waals surface area contributed by atoms with E-state index < -0.39 is 0 Å². The second-order valence-corrected chi connectivity index (χ2v) is 4.08. The first-order valence-electron chi connectivity index (χ1n) is 5.75. The number of amidine groups is 1. The zero-order valence-electron chi connectivity index (χ0n) is 9.29. The zero-order chi connectivity index (χ0) is 10.7. The minimum absolute atomic E-state index is 0.731. The molecule has 2 heteroatoms. The Labute approximate surface area is 91.2 Å². The topological polar surface area (TPSA) is 38.4 Å². The Bertz CT molecular complexity index is 380. The minimum Gasteiger partial charge on any atom is -0.387 e. The molecule has 80 valence electrons. The molecule has 0 aromatic heterocycles. The highest BCUT2D eigenvalue weighted by molar-refractivity contribution is 5.83. The first-order valence-corrected chi connectivity index (χ1v) is 5.75. The van der Waals surface area contributed by atoms with Crippen LogP contribution in [0, 0.1) is 0 Å². The quantitative estimate of drug-likeness (QED) is 0.581. The zero-order valence-corrected chi connectivity index (χ0v) is 9.29. The number of nitrogens with two attached hydrogens (primary N) is 1. The first kappa shape index (κ1) is 10.2. The van der Waals surface area contributed by atoms with Crippen molar-refractivity contribution in [1.29, 1.82) is 0 Å². The third kappa shape index (κ3) is 2.20. The summed E-state index contributed by atoms with van der Waals surface area (Å²) in [7, 11) is 0. The van der Waals surface area contributed by atoms with Crippen molar-refractivity contribution in [3.05, 3.63) is 29.3 Å². The Morgan fingerprint density at radius 3 is 2.93 bits per heavy atom. The van der Waals surface area contributed by atoms with Crippen molar-refractivity contribution in [1.82, 2.24) is 0 Å². The van der Waals surface area contributed by atoms with Crippen LogP contribution in [0.3, 0.4) is 0 Å². The van der Waals surface area contributed by atoms with Crippen molar-refractivity contribution in [2.24, 2.45) is 10.7 Å². The molecule has 0 spiro atoms. The summed E-state index contributed by atoms with van der Waals surface area (Å²) < 4.78 is 0. The van der Waals surface area contributed by atoms with Gasteiger partial charge in [0.1, 0.15) is 0 Å². The highest BCUT2D eigenvalue weighted by Gasteiger charge is 2.12. The maximum Gasteiger partial charge on any atom is 0.0993 e. The lowest BCUT2D eigenvalue weighted by atomic mass is 9.90. The fourth-order valence-electron chi connectivity index (χ4n) is 2.10. The summed E-state index contributed by atoms with van der Waals surface area (Å²) in [6, 6.07) is 6.38. The van der Waals surface area contributed by atoms with Gasteiger partial charge in [0.2, 0.25) is 0 Å². The van der Waals surface area contributed by atoms with Crippen LogP contribution in [-0.2, 0) is 12.8 Å².